The predicted octanol–water partition coefficient (Wildman–Crippen LogP) is 11.9. The van der Waals surface area contributed by atoms with Gasteiger partial charge in [-0.25, -0.2) is 0 Å². The fourth-order valence-electron chi connectivity index (χ4n) is 4.79. The van der Waals surface area contributed by atoms with E-state index >= 15 is 0 Å². The minimum Gasteiger partial charge on any atom is -0.462 e. The Morgan fingerprint density at radius 2 is 0.917 bits per heavy atom. The molecule has 0 aromatic rings. The van der Waals surface area contributed by atoms with E-state index < -0.39 is 6.10 Å². The van der Waals surface area contributed by atoms with Crippen LogP contribution in [-0.4, -0.2) is 36.4 Å². The zero-order valence-electron chi connectivity index (χ0n) is 30.7. The molecule has 0 aliphatic rings. The Kier molecular flexibility index (Phi) is 36.2. The van der Waals surface area contributed by atoms with E-state index in [-0.39, 0.29) is 25.2 Å². The Hall–Kier alpha value is -2.92. The largest absolute Gasteiger partial charge is 0.462 e. The van der Waals surface area contributed by atoms with Crippen molar-refractivity contribution >= 4 is 11.9 Å². The first-order chi connectivity index (χ1) is 23.6. The second-order valence-electron chi connectivity index (χ2n) is 12.3. The highest BCUT2D eigenvalue weighted by molar-refractivity contribution is 5.70. The molecule has 0 bridgehead atoms. The lowest BCUT2D eigenvalue weighted by Crippen LogP contribution is -2.28. The lowest BCUT2D eigenvalue weighted by molar-refractivity contribution is -0.161. The second-order valence-corrected chi connectivity index (χ2v) is 12.3. The van der Waals surface area contributed by atoms with Crippen molar-refractivity contribution < 1.29 is 24.2 Å². The third-order valence-electron chi connectivity index (χ3n) is 7.67. The molecule has 0 heterocycles. The highest BCUT2D eigenvalue weighted by Gasteiger charge is 2.15. The van der Waals surface area contributed by atoms with Gasteiger partial charge in [0.05, 0.1) is 6.61 Å². The van der Waals surface area contributed by atoms with E-state index in [9.17, 15) is 14.7 Å². The number of allylic oxidation sites excluding steroid dienone is 14. The SMILES string of the molecule is CCC=CCC=CCC=CCC=CCCCCCCC(=O)O[C@@H](CO)COC(=O)CCCC=CCC=CCC=CCCCCCCCC. The van der Waals surface area contributed by atoms with Crippen LogP contribution in [0.4, 0.5) is 0 Å². The molecule has 0 aromatic carbocycles. The molecule has 0 radical (unpaired) electrons. The first-order valence-corrected chi connectivity index (χ1v) is 19.1. The number of hydrogen-bond donors (Lipinski definition) is 1. The number of ether oxygens (including phenoxy) is 2. The van der Waals surface area contributed by atoms with Crippen LogP contribution in [0.5, 0.6) is 0 Å². The molecule has 0 amide bonds. The van der Waals surface area contributed by atoms with E-state index in [4.69, 9.17) is 9.47 Å². The third-order valence-corrected chi connectivity index (χ3v) is 7.67. The fraction of sp³-hybridized carbons (Fsp3) is 0.628. The predicted molar refractivity (Wildman–Crippen MR) is 205 cm³/mol. The normalized spacial score (nSPS) is 13.1. The first-order valence-electron chi connectivity index (χ1n) is 19.1. The molecule has 0 aliphatic heterocycles. The van der Waals surface area contributed by atoms with E-state index in [1.807, 2.05) is 0 Å². The number of rotatable bonds is 33. The van der Waals surface area contributed by atoms with Crippen molar-refractivity contribution in [3.8, 4) is 0 Å². The molecule has 0 aromatic heterocycles. The van der Waals surface area contributed by atoms with Crippen molar-refractivity contribution in [2.45, 2.75) is 161 Å². The molecule has 48 heavy (non-hydrogen) atoms. The summed E-state index contributed by atoms with van der Waals surface area (Å²) in [4.78, 5) is 24.2. The maximum Gasteiger partial charge on any atom is 0.306 e. The van der Waals surface area contributed by atoms with Crippen molar-refractivity contribution in [2.24, 2.45) is 0 Å². The summed E-state index contributed by atoms with van der Waals surface area (Å²) in [7, 11) is 0. The summed E-state index contributed by atoms with van der Waals surface area (Å²) < 4.78 is 10.5. The minimum absolute atomic E-state index is 0.107. The van der Waals surface area contributed by atoms with Crippen molar-refractivity contribution in [1.82, 2.24) is 0 Å². The summed E-state index contributed by atoms with van der Waals surface area (Å²) in [5, 5.41) is 9.54. The molecular formula is C43H70O5. The van der Waals surface area contributed by atoms with Gasteiger partial charge in [-0.3, -0.25) is 9.59 Å². The van der Waals surface area contributed by atoms with Gasteiger partial charge in [0.15, 0.2) is 6.10 Å². The van der Waals surface area contributed by atoms with Crippen molar-refractivity contribution in [2.75, 3.05) is 13.2 Å². The number of carbonyl (C=O) groups excluding carboxylic acids is 2. The van der Waals surface area contributed by atoms with E-state index in [0.717, 1.165) is 77.0 Å². The van der Waals surface area contributed by atoms with Crippen LogP contribution in [0.2, 0.25) is 0 Å². The zero-order valence-corrected chi connectivity index (χ0v) is 30.7. The van der Waals surface area contributed by atoms with E-state index in [1.54, 1.807) is 0 Å². The summed E-state index contributed by atoms with van der Waals surface area (Å²) >= 11 is 0. The second kappa shape index (κ2) is 38.5. The maximum atomic E-state index is 12.1. The van der Waals surface area contributed by atoms with Crippen LogP contribution in [0.1, 0.15) is 155 Å². The summed E-state index contributed by atoms with van der Waals surface area (Å²) in [6, 6.07) is 0. The molecule has 0 aliphatic carbocycles. The number of aliphatic hydroxyl groups excluding tert-OH is 1. The topological polar surface area (TPSA) is 72.8 Å². The molecule has 0 unspecified atom stereocenters. The Balaban J connectivity index is 3.73. The molecule has 5 heteroatoms. The molecule has 1 N–H and O–H groups in total. The summed E-state index contributed by atoms with van der Waals surface area (Å²) in [6.07, 6.45) is 52.1. The fourth-order valence-corrected chi connectivity index (χ4v) is 4.79. The Morgan fingerprint density at radius 1 is 0.500 bits per heavy atom. The molecular weight excluding hydrogens is 596 g/mol. The first kappa shape index (κ1) is 45.1. The van der Waals surface area contributed by atoms with Gasteiger partial charge in [-0.15, -0.1) is 0 Å². The Labute approximate surface area is 295 Å². The lowest BCUT2D eigenvalue weighted by atomic mass is 10.1. The summed E-state index contributed by atoms with van der Waals surface area (Å²) in [5.74, 6) is -0.689. The van der Waals surface area contributed by atoms with Crippen molar-refractivity contribution in [3.63, 3.8) is 0 Å². The molecule has 5 nitrogen and oxygen atoms in total. The zero-order chi connectivity index (χ0) is 35.0. The monoisotopic (exact) mass is 667 g/mol. The van der Waals surface area contributed by atoms with Crippen LogP contribution in [-0.2, 0) is 19.1 Å². The highest BCUT2D eigenvalue weighted by Crippen LogP contribution is 2.10. The Bertz CT molecular complexity index is 937. The third kappa shape index (κ3) is 35.9. The number of unbranched alkanes of at least 4 members (excludes halogenated alkanes) is 11. The molecule has 0 saturated carbocycles. The van der Waals surface area contributed by atoms with Gasteiger partial charge in [-0.2, -0.15) is 0 Å². The highest BCUT2D eigenvalue weighted by atomic mass is 16.6. The van der Waals surface area contributed by atoms with Gasteiger partial charge in [-0.05, 0) is 83.5 Å². The van der Waals surface area contributed by atoms with Gasteiger partial charge >= 0.3 is 11.9 Å². The van der Waals surface area contributed by atoms with Gasteiger partial charge in [-0.1, -0.05) is 144 Å². The lowest BCUT2D eigenvalue weighted by Gasteiger charge is -2.15. The quantitative estimate of drug-likeness (QED) is 0.0429. The summed E-state index contributed by atoms with van der Waals surface area (Å²) in [5.41, 5.74) is 0. The van der Waals surface area contributed by atoms with Crippen LogP contribution in [0, 0.1) is 0 Å². The molecule has 0 rings (SSSR count). The molecule has 272 valence electrons. The minimum atomic E-state index is -0.809. The van der Waals surface area contributed by atoms with E-state index in [2.05, 4.69) is 98.9 Å². The number of esters is 2. The average Bonchev–Trinajstić information content (AvgIpc) is 3.09. The molecule has 0 saturated heterocycles. The van der Waals surface area contributed by atoms with Gasteiger partial charge in [0.1, 0.15) is 6.61 Å². The molecule has 0 spiro atoms. The summed E-state index contributed by atoms with van der Waals surface area (Å²) in [6.45, 7) is 3.93. The van der Waals surface area contributed by atoms with Crippen LogP contribution in [0.15, 0.2) is 85.1 Å². The van der Waals surface area contributed by atoms with Gasteiger partial charge in [0, 0.05) is 12.8 Å². The van der Waals surface area contributed by atoms with E-state index in [1.165, 1.54) is 44.9 Å². The van der Waals surface area contributed by atoms with Gasteiger partial charge in [0.25, 0.3) is 0 Å². The van der Waals surface area contributed by atoms with E-state index in [0.29, 0.717) is 19.3 Å². The number of carbonyl (C=O) groups is 2. The molecule has 1 atom stereocenters. The number of hydrogen-bond acceptors (Lipinski definition) is 5. The maximum absolute atomic E-state index is 12.1. The van der Waals surface area contributed by atoms with Crippen LogP contribution < -0.4 is 0 Å². The average molecular weight is 667 g/mol. The van der Waals surface area contributed by atoms with Crippen LogP contribution >= 0.6 is 0 Å². The van der Waals surface area contributed by atoms with Crippen molar-refractivity contribution in [1.29, 1.82) is 0 Å². The van der Waals surface area contributed by atoms with Crippen LogP contribution in [0.25, 0.3) is 0 Å². The molecule has 0 fully saturated rings. The number of aliphatic hydroxyl groups is 1. The standard InChI is InChI=1S/C43H70O5/c1-3-5-7-9-11-13-15-17-19-21-23-25-27-29-31-33-35-37-42(45)47-40-41(39-44)48-43(46)38-36-34-32-30-28-26-24-22-20-18-16-14-12-10-8-6-4-2/h6,8,12,14,17-20,23-26,29,31,41,44H,3-5,7,9-11,13,15-16,21-22,27-28,30,32-40H2,1-2H3/t41-/m0/s1. The van der Waals surface area contributed by atoms with Gasteiger partial charge < -0.3 is 14.6 Å². The smallest absolute Gasteiger partial charge is 0.306 e. The Morgan fingerprint density at radius 3 is 1.42 bits per heavy atom. The van der Waals surface area contributed by atoms with Crippen molar-refractivity contribution in [3.05, 3.63) is 85.1 Å². The van der Waals surface area contributed by atoms with Gasteiger partial charge in [0.2, 0.25) is 0 Å². The van der Waals surface area contributed by atoms with Crippen LogP contribution in [0.3, 0.4) is 0 Å².